The van der Waals surface area contributed by atoms with Gasteiger partial charge in [0.05, 0.1) is 6.10 Å². The van der Waals surface area contributed by atoms with Crippen LogP contribution < -0.4 is 0 Å². The van der Waals surface area contributed by atoms with Gasteiger partial charge in [0.2, 0.25) is 0 Å². The van der Waals surface area contributed by atoms with Crippen molar-refractivity contribution in [2.45, 2.75) is 32.3 Å². The monoisotopic (exact) mass is 337 g/mol. The lowest BCUT2D eigenvalue weighted by Gasteiger charge is -2.06. The Morgan fingerprint density at radius 3 is 2.40 bits per heavy atom. The average Bonchev–Trinajstić information content (AvgIpc) is 2.66. The zero-order valence-electron chi connectivity index (χ0n) is 14.8. The number of aliphatic hydroxyl groups is 1. The predicted octanol–water partition coefficient (Wildman–Crippen LogP) is 4.83. The zero-order valence-corrected chi connectivity index (χ0v) is 14.8. The van der Waals surface area contributed by atoms with E-state index in [0.29, 0.717) is 13.0 Å². The molecule has 25 heavy (non-hydrogen) atoms. The highest BCUT2D eigenvalue weighted by atomic mass is 16.5. The van der Waals surface area contributed by atoms with E-state index in [4.69, 9.17) is 4.74 Å². The highest BCUT2D eigenvalue weighted by Crippen LogP contribution is 2.11. The molecule has 0 saturated heterocycles. The molecule has 1 atom stereocenters. The number of hydrogen-bond donors (Lipinski definition) is 1. The maximum atomic E-state index is 9.95. The molecule has 0 aliphatic carbocycles. The van der Waals surface area contributed by atoms with Crippen LogP contribution in [-0.2, 0) is 4.74 Å². The third-order valence-corrected chi connectivity index (χ3v) is 3.80. The molecular formula is C22H27NO2. The van der Waals surface area contributed by atoms with E-state index in [0.717, 1.165) is 36.1 Å². The molecule has 1 heterocycles. The first kappa shape index (κ1) is 19.1. The number of benzene rings is 1. The minimum absolute atomic E-state index is 0.466. The number of aromatic nitrogens is 1. The van der Waals surface area contributed by atoms with Gasteiger partial charge in [-0.25, -0.2) is 0 Å². The lowest BCUT2D eigenvalue weighted by molar-refractivity contribution is 0.0969. The molecule has 0 spiro atoms. The lowest BCUT2D eigenvalue weighted by atomic mass is 10.1. The fraction of sp³-hybridized carbons (Fsp3) is 0.318. The molecular weight excluding hydrogens is 310 g/mol. The summed E-state index contributed by atoms with van der Waals surface area (Å²) in [4.78, 5) is 4.09. The average molecular weight is 337 g/mol. The van der Waals surface area contributed by atoms with Gasteiger partial charge in [-0.1, -0.05) is 68.0 Å². The molecule has 2 rings (SSSR count). The van der Waals surface area contributed by atoms with E-state index in [1.807, 2.05) is 48.7 Å². The number of hydrogen-bond acceptors (Lipinski definition) is 3. The van der Waals surface area contributed by atoms with Gasteiger partial charge in [-0.2, -0.15) is 0 Å². The molecule has 1 aromatic heterocycles. The molecule has 3 heteroatoms. The van der Waals surface area contributed by atoms with Gasteiger partial charge in [0.25, 0.3) is 0 Å². The molecule has 1 aromatic carbocycles. The summed E-state index contributed by atoms with van der Waals surface area (Å²) < 4.78 is 5.47. The molecule has 2 aromatic rings. The number of pyridine rings is 1. The second-order valence-corrected chi connectivity index (χ2v) is 5.97. The van der Waals surface area contributed by atoms with E-state index >= 15 is 0 Å². The van der Waals surface area contributed by atoms with Crippen LogP contribution >= 0.6 is 0 Å². The molecule has 0 bridgehead atoms. The van der Waals surface area contributed by atoms with Crippen LogP contribution in [0.1, 0.15) is 42.9 Å². The largest absolute Gasteiger partial charge is 0.389 e. The zero-order chi connectivity index (χ0) is 17.7. The number of nitrogens with zero attached hydrogens (tertiary/aromatic N) is 1. The number of aliphatic hydroxyl groups excluding tert-OH is 1. The Bertz CT molecular complexity index is 647. The van der Waals surface area contributed by atoms with Gasteiger partial charge in [0.1, 0.15) is 0 Å². The smallest absolute Gasteiger partial charge is 0.0746 e. The van der Waals surface area contributed by atoms with Gasteiger partial charge < -0.3 is 9.84 Å². The second-order valence-electron chi connectivity index (χ2n) is 5.97. The summed E-state index contributed by atoms with van der Waals surface area (Å²) in [6.45, 7) is 3.52. The summed E-state index contributed by atoms with van der Waals surface area (Å²) in [7, 11) is 0. The fourth-order valence-electron chi connectivity index (χ4n) is 2.26. The van der Waals surface area contributed by atoms with E-state index < -0.39 is 6.10 Å². The van der Waals surface area contributed by atoms with Gasteiger partial charge in [-0.3, -0.25) is 4.98 Å². The third kappa shape index (κ3) is 7.92. The van der Waals surface area contributed by atoms with E-state index in [2.05, 4.69) is 30.1 Å². The maximum Gasteiger partial charge on any atom is 0.0746 e. The molecule has 0 saturated carbocycles. The Morgan fingerprint density at radius 2 is 1.72 bits per heavy atom. The van der Waals surface area contributed by atoms with Crippen molar-refractivity contribution in [3.05, 3.63) is 71.6 Å². The van der Waals surface area contributed by atoms with Crippen molar-refractivity contribution < 1.29 is 9.84 Å². The van der Waals surface area contributed by atoms with Crippen molar-refractivity contribution in [1.82, 2.24) is 4.98 Å². The van der Waals surface area contributed by atoms with Crippen LogP contribution in [0.3, 0.4) is 0 Å². The van der Waals surface area contributed by atoms with Crippen LogP contribution in [-0.4, -0.2) is 29.4 Å². The SMILES string of the molecule is CCCCOCCC(O)/C=C/c1ccc(/C=C/c2cccnc2)cc1. The van der Waals surface area contributed by atoms with E-state index in [-0.39, 0.29) is 0 Å². The van der Waals surface area contributed by atoms with Crippen LogP contribution in [0, 0.1) is 0 Å². The Kier molecular flexibility index (Phi) is 8.67. The van der Waals surface area contributed by atoms with Crippen molar-refractivity contribution in [2.24, 2.45) is 0 Å². The number of ether oxygens (including phenoxy) is 1. The molecule has 1 N–H and O–H groups in total. The number of unbranched alkanes of at least 4 members (excludes halogenated alkanes) is 1. The summed E-state index contributed by atoms with van der Waals surface area (Å²) in [5, 5.41) is 9.95. The van der Waals surface area contributed by atoms with Gasteiger partial charge in [0, 0.05) is 32.0 Å². The molecule has 0 amide bonds. The first-order chi connectivity index (χ1) is 12.3. The Hall–Kier alpha value is -2.23. The topological polar surface area (TPSA) is 42.4 Å². The summed E-state index contributed by atoms with van der Waals surface area (Å²) in [5.74, 6) is 0. The van der Waals surface area contributed by atoms with Gasteiger partial charge in [-0.15, -0.1) is 0 Å². The summed E-state index contributed by atoms with van der Waals surface area (Å²) in [6, 6.07) is 12.2. The van der Waals surface area contributed by atoms with Crippen molar-refractivity contribution in [1.29, 1.82) is 0 Å². The molecule has 3 nitrogen and oxygen atoms in total. The first-order valence-corrected chi connectivity index (χ1v) is 8.90. The quantitative estimate of drug-likeness (QED) is 0.631. The van der Waals surface area contributed by atoms with Gasteiger partial charge in [-0.05, 0) is 29.2 Å². The molecule has 0 radical (unpaired) electrons. The van der Waals surface area contributed by atoms with Crippen molar-refractivity contribution in [3.8, 4) is 0 Å². The molecule has 0 fully saturated rings. The molecule has 0 aliphatic heterocycles. The van der Waals surface area contributed by atoms with Crippen LogP contribution in [0.2, 0.25) is 0 Å². The summed E-state index contributed by atoms with van der Waals surface area (Å²) in [6.07, 6.45) is 13.9. The predicted molar refractivity (Wildman–Crippen MR) is 105 cm³/mol. The minimum atomic E-state index is -0.466. The molecule has 1 unspecified atom stereocenters. The Labute approximate surface area is 150 Å². The first-order valence-electron chi connectivity index (χ1n) is 8.90. The highest BCUT2D eigenvalue weighted by Gasteiger charge is 1.99. The fourth-order valence-corrected chi connectivity index (χ4v) is 2.26. The van der Waals surface area contributed by atoms with E-state index in [1.165, 1.54) is 0 Å². The highest BCUT2D eigenvalue weighted by molar-refractivity contribution is 5.69. The van der Waals surface area contributed by atoms with Gasteiger partial charge >= 0.3 is 0 Å². The van der Waals surface area contributed by atoms with Crippen LogP contribution in [0.5, 0.6) is 0 Å². The molecule has 132 valence electrons. The van der Waals surface area contributed by atoms with E-state index in [1.54, 1.807) is 6.20 Å². The second kappa shape index (κ2) is 11.3. The normalized spacial score (nSPS) is 12.9. The van der Waals surface area contributed by atoms with Gasteiger partial charge in [0.15, 0.2) is 0 Å². The maximum absolute atomic E-state index is 9.95. The van der Waals surface area contributed by atoms with Crippen molar-refractivity contribution in [3.63, 3.8) is 0 Å². The molecule has 0 aliphatic rings. The van der Waals surface area contributed by atoms with Crippen molar-refractivity contribution in [2.75, 3.05) is 13.2 Å². The summed E-state index contributed by atoms with van der Waals surface area (Å²) in [5.41, 5.74) is 3.28. The third-order valence-electron chi connectivity index (χ3n) is 3.80. The lowest BCUT2D eigenvalue weighted by Crippen LogP contribution is -2.07. The summed E-state index contributed by atoms with van der Waals surface area (Å²) >= 11 is 0. The van der Waals surface area contributed by atoms with Crippen molar-refractivity contribution >= 4 is 18.2 Å². The minimum Gasteiger partial charge on any atom is -0.389 e. The Balaban J connectivity index is 1.78. The van der Waals surface area contributed by atoms with Crippen LogP contribution in [0.25, 0.3) is 18.2 Å². The number of rotatable bonds is 10. The van der Waals surface area contributed by atoms with Crippen LogP contribution in [0.4, 0.5) is 0 Å². The Morgan fingerprint density at radius 1 is 1.00 bits per heavy atom. The van der Waals surface area contributed by atoms with E-state index in [9.17, 15) is 5.11 Å². The standard InChI is InChI=1S/C22H27NO2/c1-2-3-16-25-17-14-22(24)13-12-20-8-6-19(7-9-20)10-11-21-5-4-15-23-18-21/h4-13,15,18,22,24H,2-3,14,16-17H2,1H3/b11-10+,13-12+. The van der Waals surface area contributed by atoms with Crippen LogP contribution in [0.15, 0.2) is 54.9 Å².